The fourth-order valence-electron chi connectivity index (χ4n) is 3.33. The van der Waals surface area contributed by atoms with Gasteiger partial charge < -0.3 is 19.1 Å². The predicted molar refractivity (Wildman–Crippen MR) is 135 cm³/mol. The molecule has 0 bridgehead atoms. The van der Waals surface area contributed by atoms with Gasteiger partial charge in [-0.25, -0.2) is 19.7 Å². The summed E-state index contributed by atoms with van der Waals surface area (Å²) in [5, 5.41) is 7.49. The number of nitrogens with one attached hydrogen (secondary N) is 1. The van der Waals surface area contributed by atoms with Crippen LogP contribution in [0.5, 0.6) is 0 Å². The molecular weight excluding hydrogens is 470 g/mol. The monoisotopic (exact) mass is 497 g/mol. The summed E-state index contributed by atoms with van der Waals surface area (Å²) in [4.78, 5) is 27.4. The fraction of sp³-hybridized carbons (Fsp3) is 0.375. The van der Waals surface area contributed by atoms with Crippen LogP contribution in [-0.4, -0.2) is 36.4 Å². The number of halogens is 1. The molecule has 4 rings (SSSR count). The van der Waals surface area contributed by atoms with Crippen LogP contribution in [0.3, 0.4) is 0 Å². The molecule has 0 radical (unpaired) electrons. The van der Waals surface area contributed by atoms with Gasteiger partial charge in [0.05, 0.1) is 11.0 Å². The largest absolute Gasteiger partial charge is 0.443 e. The van der Waals surface area contributed by atoms with E-state index in [-0.39, 0.29) is 16.5 Å². The molecule has 1 aromatic carbocycles. The van der Waals surface area contributed by atoms with Gasteiger partial charge in [-0.1, -0.05) is 25.9 Å². The first-order valence-corrected chi connectivity index (χ1v) is 11.4. The van der Waals surface area contributed by atoms with Crippen molar-refractivity contribution in [1.82, 2.24) is 24.7 Å². The summed E-state index contributed by atoms with van der Waals surface area (Å²) in [5.74, 6) is 1.81. The molecule has 0 aliphatic carbocycles. The zero-order valence-corrected chi connectivity index (χ0v) is 21.5. The number of amides is 1. The number of carbonyl (C=O) groups is 1. The second-order valence-corrected chi connectivity index (χ2v) is 10.5. The number of rotatable bonds is 4. The number of aromatic nitrogens is 5. The second kappa shape index (κ2) is 8.84. The van der Waals surface area contributed by atoms with Crippen molar-refractivity contribution in [2.45, 2.75) is 52.6 Å². The standard InChI is InChI=1S/C24H28ClN7O3/c1-23(2,3)17-13-19(30-35-17)32(22(33)34-24(4,5)6)21-28-15-12-14(8-9-16(15)31(21)7)27-18-10-11-26-20(25)29-18/h8-13H,1-7H3,(H,26,27,29). The highest BCUT2D eigenvalue weighted by atomic mass is 35.5. The Labute approximate surface area is 208 Å². The summed E-state index contributed by atoms with van der Waals surface area (Å²) in [5.41, 5.74) is 1.20. The van der Waals surface area contributed by atoms with Crippen molar-refractivity contribution < 1.29 is 14.1 Å². The first-order valence-electron chi connectivity index (χ1n) is 11.0. The summed E-state index contributed by atoms with van der Waals surface area (Å²) in [6, 6.07) is 9.07. The van der Waals surface area contributed by atoms with E-state index in [1.807, 2.05) is 46.0 Å². The molecule has 0 aliphatic heterocycles. The Hall–Kier alpha value is -3.66. The zero-order chi connectivity index (χ0) is 25.5. The maximum absolute atomic E-state index is 13.3. The van der Waals surface area contributed by atoms with E-state index < -0.39 is 11.7 Å². The van der Waals surface area contributed by atoms with Crippen LogP contribution in [0.25, 0.3) is 11.0 Å². The first kappa shape index (κ1) is 24.5. The molecule has 0 atom stereocenters. The summed E-state index contributed by atoms with van der Waals surface area (Å²) in [6.07, 6.45) is 0.955. The van der Waals surface area contributed by atoms with Crippen molar-refractivity contribution in [2.24, 2.45) is 7.05 Å². The summed E-state index contributed by atoms with van der Waals surface area (Å²) >= 11 is 5.89. The Balaban J connectivity index is 1.77. The molecule has 11 heteroatoms. The average molecular weight is 498 g/mol. The van der Waals surface area contributed by atoms with Crippen LogP contribution in [0.2, 0.25) is 5.28 Å². The highest BCUT2D eigenvalue weighted by molar-refractivity contribution is 6.28. The molecule has 3 heterocycles. The molecule has 0 saturated heterocycles. The van der Waals surface area contributed by atoms with E-state index in [4.69, 9.17) is 25.8 Å². The third-order valence-corrected chi connectivity index (χ3v) is 5.18. The number of anilines is 4. The van der Waals surface area contributed by atoms with Gasteiger partial charge in [0, 0.05) is 30.4 Å². The number of hydrogen-bond acceptors (Lipinski definition) is 8. The van der Waals surface area contributed by atoms with E-state index in [0.29, 0.717) is 23.0 Å². The van der Waals surface area contributed by atoms with Crippen LogP contribution in [0.1, 0.15) is 47.3 Å². The number of benzene rings is 1. The highest BCUT2D eigenvalue weighted by Gasteiger charge is 2.32. The number of aryl methyl sites for hydroxylation is 1. The first-order chi connectivity index (χ1) is 16.3. The lowest BCUT2D eigenvalue weighted by Gasteiger charge is -2.25. The Bertz CT molecular complexity index is 1380. The Morgan fingerprint density at radius 1 is 1.11 bits per heavy atom. The Kier molecular flexibility index (Phi) is 6.18. The normalized spacial score (nSPS) is 12.1. The summed E-state index contributed by atoms with van der Waals surface area (Å²) < 4.78 is 13.0. The topological polar surface area (TPSA) is 111 Å². The minimum absolute atomic E-state index is 0.145. The van der Waals surface area contributed by atoms with Gasteiger partial charge in [-0.15, -0.1) is 0 Å². The van der Waals surface area contributed by atoms with Gasteiger partial charge in [-0.05, 0) is 56.6 Å². The molecule has 0 unspecified atom stereocenters. The van der Waals surface area contributed by atoms with E-state index in [9.17, 15) is 4.79 Å². The molecule has 1 amide bonds. The minimum atomic E-state index is -0.716. The van der Waals surface area contributed by atoms with Crippen LogP contribution in [0.4, 0.5) is 28.1 Å². The van der Waals surface area contributed by atoms with Crippen LogP contribution in [0, 0.1) is 0 Å². The number of imidazole rings is 1. The van der Waals surface area contributed by atoms with Crippen molar-refractivity contribution in [3.63, 3.8) is 0 Å². The molecule has 184 valence electrons. The molecule has 35 heavy (non-hydrogen) atoms. The molecule has 3 aromatic heterocycles. The molecule has 0 saturated carbocycles. The van der Waals surface area contributed by atoms with Crippen molar-refractivity contribution in [3.8, 4) is 0 Å². The SMILES string of the molecule is Cn1c(N(C(=O)OC(C)(C)C)c2cc(C(C)(C)C)on2)nc2cc(Nc3ccnc(Cl)n3)ccc21. The van der Waals surface area contributed by atoms with Gasteiger partial charge in [0.2, 0.25) is 11.2 Å². The molecule has 1 N–H and O–H groups in total. The zero-order valence-electron chi connectivity index (χ0n) is 20.8. The average Bonchev–Trinajstić information content (AvgIpc) is 3.33. The lowest BCUT2D eigenvalue weighted by atomic mass is 9.93. The van der Waals surface area contributed by atoms with Gasteiger partial charge >= 0.3 is 6.09 Å². The van der Waals surface area contributed by atoms with E-state index in [1.54, 1.807) is 43.7 Å². The molecule has 0 fully saturated rings. The molecule has 10 nitrogen and oxygen atoms in total. The number of fused-ring (bicyclic) bond motifs is 1. The predicted octanol–water partition coefficient (Wildman–Crippen LogP) is 6.12. The fourth-order valence-corrected chi connectivity index (χ4v) is 3.47. The number of hydrogen-bond donors (Lipinski definition) is 1. The maximum atomic E-state index is 13.3. The highest BCUT2D eigenvalue weighted by Crippen LogP contribution is 2.33. The van der Waals surface area contributed by atoms with Crippen LogP contribution in [-0.2, 0) is 17.2 Å². The van der Waals surface area contributed by atoms with Crippen LogP contribution in [0.15, 0.2) is 41.1 Å². The van der Waals surface area contributed by atoms with Gasteiger partial charge in [0.1, 0.15) is 17.2 Å². The third kappa shape index (κ3) is 5.37. The lowest BCUT2D eigenvalue weighted by molar-refractivity contribution is 0.0594. The van der Waals surface area contributed by atoms with Crippen molar-refractivity contribution in [3.05, 3.63) is 47.6 Å². The smallest absolute Gasteiger partial charge is 0.423 e. The molecular formula is C24H28ClN7O3. The van der Waals surface area contributed by atoms with E-state index in [0.717, 1.165) is 11.2 Å². The summed E-state index contributed by atoms with van der Waals surface area (Å²) in [7, 11) is 1.82. The van der Waals surface area contributed by atoms with Crippen molar-refractivity contribution in [2.75, 3.05) is 10.2 Å². The number of nitrogens with zero attached hydrogens (tertiary/aromatic N) is 6. The third-order valence-electron chi connectivity index (χ3n) is 5.00. The Morgan fingerprint density at radius 2 is 1.86 bits per heavy atom. The lowest BCUT2D eigenvalue weighted by Crippen LogP contribution is -2.35. The second-order valence-electron chi connectivity index (χ2n) is 10.1. The quantitative estimate of drug-likeness (QED) is 0.335. The van der Waals surface area contributed by atoms with Gasteiger partial charge in [0.15, 0.2) is 5.82 Å². The van der Waals surface area contributed by atoms with Gasteiger partial charge in [0.25, 0.3) is 0 Å². The van der Waals surface area contributed by atoms with Gasteiger partial charge in [-0.2, -0.15) is 4.90 Å². The molecule has 0 spiro atoms. The maximum Gasteiger partial charge on any atom is 0.423 e. The van der Waals surface area contributed by atoms with Crippen LogP contribution >= 0.6 is 11.6 Å². The van der Waals surface area contributed by atoms with Gasteiger partial charge in [-0.3, -0.25) is 0 Å². The van der Waals surface area contributed by atoms with E-state index in [2.05, 4.69) is 20.4 Å². The summed E-state index contributed by atoms with van der Waals surface area (Å²) in [6.45, 7) is 11.4. The van der Waals surface area contributed by atoms with E-state index in [1.165, 1.54) is 4.90 Å². The van der Waals surface area contributed by atoms with Crippen LogP contribution < -0.4 is 10.2 Å². The molecule has 4 aromatic rings. The number of ether oxygens (including phenoxy) is 1. The number of carbonyl (C=O) groups excluding carboxylic acids is 1. The molecule has 0 aliphatic rings. The van der Waals surface area contributed by atoms with Crippen molar-refractivity contribution in [1.29, 1.82) is 0 Å². The Morgan fingerprint density at radius 3 is 2.49 bits per heavy atom. The van der Waals surface area contributed by atoms with Crippen molar-refractivity contribution >= 4 is 52.0 Å². The minimum Gasteiger partial charge on any atom is -0.443 e. The van der Waals surface area contributed by atoms with E-state index >= 15 is 0 Å².